The molecule has 0 bridgehead atoms. The third-order valence-electron chi connectivity index (χ3n) is 5.02. The maximum absolute atomic E-state index is 12.8. The second kappa shape index (κ2) is 6.56. The lowest BCUT2D eigenvalue weighted by Gasteiger charge is -2.38. The van der Waals surface area contributed by atoms with Gasteiger partial charge in [0.2, 0.25) is 0 Å². The zero-order valence-corrected chi connectivity index (χ0v) is 12.4. The molecule has 1 aliphatic heterocycles. The fourth-order valence-electron chi connectivity index (χ4n) is 3.92. The quantitative estimate of drug-likeness (QED) is 0.875. The fraction of sp³-hybridized carbons (Fsp3) is 0.588. The Bertz CT molecular complexity index is 488. The van der Waals surface area contributed by atoms with Crippen molar-refractivity contribution in [3.8, 4) is 0 Å². The maximum atomic E-state index is 12.8. The summed E-state index contributed by atoms with van der Waals surface area (Å²) in [5.41, 5.74) is 0.674. The van der Waals surface area contributed by atoms with Gasteiger partial charge in [0.25, 0.3) is 5.91 Å². The number of hydrogen-bond donors (Lipinski definition) is 2. The molecule has 0 spiro atoms. The average molecular weight is 291 g/mol. The molecule has 3 atom stereocenters. The van der Waals surface area contributed by atoms with Gasteiger partial charge in [0.15, 0.2) is 6.54 Å². The minimum Gasteiger partial charge on any atom is -0.327 e. The molecule has 4 heteroatoms. The van der Waals surface area contributed by atoms with Crippen LogP contribution < -0.4 is 10.2 Å². The van der Waals surface area contributed by atoms with Gasteiger partial charge >= 0.3 is 0 Å². The first-order valence-electron chi connectivity index (χ1n) is 8.10. The summed E-state index contributed by atoms with van der Waals surface area (Å²) in [4.78, 5) is 13.5. The van der Waals surface area contributed by atoms with Crippen molar-refractivity contribution < 1.29 is 14.1 Å². The average Bonchev–Trinajstić information content (AvgIpc) is 2.49. The molecule has 1 amide bonds. The largest absolute Gasteiger partial charge is 0.327 e. The minimum absolute atomic E-state index is 0.0332. The van der Waals surface area contributed by atoms with Gasteiger partial charge in [-0.15, -0.1) is 0 Å². The normalized spacial score (nSPS) is 28.7. The summed E-state index contributed by atoms with van der Waals surface area (Å²) < 4.78 is 12.8. The highest BCUT2D eigenvalue weighted by atomic mass is 19.1. The minimum atomic E-state index is -0.280. The molecule has 2 fully saturated rings. The Kier molecular flexibility index (Phi) is 4.54. The molecule has 114 valence electrons. The molecule has 0 radical (unpaired) electrons. The van der Waals surface area contributed by atoms with E-state index in [1.165, 1.54) is 49.1 Å². The van der Waals surface area contributed by atoms with Crippen LogP contribution in [0.15, 0.2) is 24.3 Å². The Labute approximate surface area is 125 Å². The lowest BCUT2D eigenvalue weighted by Crippen LogP contribution is -3.15. The molecular formula is C17H24FN2O+. The summed E-state index contributed by atoms with van der Waals surface area (Å²) in [7, 11) is 0. The number of benzene rings is 1. The first-order valence-corrected chi connectivity index (χ1v) is 8.10. The number of anilines is 1. The number of carbonyl (C=O) groups is 1. The smallest absolute Gasteiger partial charge is 0.279 e. The van der Waals surface area contributed by atoms with Crippen LogP contribution in [-0.4, -0.2) is 25.5 Å². The number of rotatable bonds is 3. The summed E-state index contributed by atoms with van der Waals surface area (Å²) in [6.45, 7) is 2.78. The van der Waals surface area contributed by atoms with Crippen molar-refractivity contribution in [2.75, 3.05) is 25.0 Å². The van der Waals surface area contributed by atoms with E-state index in [0.29, 0.717) is 12.2 Å². The molecule has 2 N–H and O–H groups in total. The molecule has 1 aromatic carbocycles. The van der Waals surface area contributed by atoms with E-state index in [1.807, 2.05) is 0 Å². The number of halogens is 1. The summed E-state index contributed by atoms with van der Waals surface area (Å²) in [5, 5.41) is 2.86. The van der Waals surface area contributed by atoms with Crippen LogP contribution in [0.25, 0.3) is 0 Å². The van der Waals surface area contributed by atoms with E-state index in [4.69, 9.17) is 0 Å². The number of likely N-dealkylation sites (tertiary alicyclic amines) is 1. The molecule has 1 aromatic rings. The van der Waals surface area contributed by atoms with Crippen molar-refractivity contribution in [3.05, 3.63) is 30.1 Å². The van der Waals surface area contributed by atoms with Crippen LogP contribution in [0.2, 0.25) is 0 Å². The fourth-order valence-corrected chi connectivity index (χ4v) is 3.92. The van der Waals surface area contributed by atoms with Crippen LogP contribution in [0.4, 0.5) is 10.1 Å². The molecule has 21 heavy (non-hydrogen) atoms. The van der Waals surface area contributed by atoms with Gasteiger partial charge in [-0.3, -0.25) is 4.79 Å². The van der Waals surface area contributed by atoms with E-state index < -0.39 is 0 Å². The summed E-state index contributed by atoms with van der Waals surface area (Å²) in [6.07, 6.45) is 6.75. The lowest BCUT2D eigenvalue weighted by molar-refractivity contribution is -0.902. The summed E-state index contributed by atoms with van der Waals surface area (Å²) in [6, 6.07) is 5.96. The van der Waals surface area contributed by atoms with Gasteiger partial charge in [0.1, 0.15) is 5.82 Å². The third kappa shape index (κ3) is 3.82. The second-order valence-corrected chi connectivity index (χ2v) is 6.53. The summed E-state index contributed by atoms with van der Waals surface area (Å²) in [5.74, 6) is 1.48. The van der Waals surface area contributed by atoms with Crippen LogP contribution in [0.5, 0.6) is 0 Å². The van der Waals surface area contributed by atoms with Crippen molar-refractivity contribution in [2.45, 2.75) is 32.1 Å². The van der Waals surface area contributed by atoms with E-state index >= 15 is 0 Å². The van der Waals surface area contributed by atoms with Crippen LogP contribution in [0, 0.1) is 17.7 Å². The van der Waals surface area contributed by atoms with Gasteiger partial charge in [-0.1, -0.05) is 12.8 Å². The van der Waals surface area contributed by atoms with Gasteiger partial charge in [-0.05, 0) is 49.4 Å². The molecule has 2 aliphatic rings. The van der Waals surface area contributed by atoms with Gasteiger partial charge in [-0.2, -0.15) is 0 Å². The van der Waals surface area contributed by atoms with Gasteiger partial charge in [0, 0.05) is 11.6 Å². The Morgan fingerprint density at radius 1 is 1.14 bits per heavy atom. The van der Waals surface area contributed by atoms with E-state index in [2.05, 4.69) is 5.32 Å². The van der Waals surface area contributed by atoms with E-state index in [9.17, 15) is 9.18 Å². The van der Waals surface area contributed by atoms with Gasteiger partial charge in [-0.25, -0.2) is 4.39 Å². The maximum Gasteiger partial charge on any atom is 0.279 e. The molecule has 3 rings (SSSR count). The second-order valence-electron chi connectivity index (χ2n) is 6.53. The van der Waals surface area contributed by atoms with Crippen LogP contribution >= 0.6 is 0 Å². The van der Waals surface area contributed by atoms with Crippen LogP contribution in [0.3, 0.4) is 0 Å². The van der Waals surface area contributed by atoms with E-state index in [0.717, 1.165) is 24.9 Å². The highest BCUT2D eigenvalue weighted by Gasteiger charge is 2.34. The molecule has 1 saturated carbocycles. The van der Waals surface area contributed by atoms with E-state index in [1.54, 1.807) is 12.1 Å². The van der Waals surface area contributed by atoms with Crippen molar-refractivity contribution in [2.24, 2.45) is 11.8 Å². The molecule has 0 aromatic heterocycles. The summed E-state index contributed by atoms with van der Waals surface area (Å²) >= 11 is 0. The number of amides is 1. The number of quaternary nitrogens is 1. The van der Waals surface area contributed by atoms with Gasteiger partial charge < -0.3 is 10.2 Å². The molecular weight excluding hydrogens is 267 g/mol. The van der Waals surface area contributed by atoms with Gasteiger partial charge in [0.05, 0.1) is 13.1 Å². The van der Waals surface area contributed by atoms with Crippen LogP contribution in [0.1, 0.15) is 32.1 Å². The number of carbonyl (C=O) groups excluding carboxylic acids is 1. The number of nitrogens with one attached hydrogen (secondary N) is 2. The number of piperidine rings is 1. The van der Waals surface area contributed by atoms with Crippen molar-refractivity contribution in [1.82, 2.24) is 0 Å². The topological polar surface area (TPSA) is 33.5 Å². The van der Waals surface area contributed by atoms with E-state index in [-0.39, 0.29) is 11.7 Å². The Morgan fingerprint density at radius 3 is 2.62 bits per heavy atom. The SMILES string of the molecule is O=C(C[NH+]1CC[C@@H]2CCCC[C@@H]2C1)Nc1ccc(F)cc1. The highest BCUT2D eigenvalue weighted by Crippen LogP contribution is 2.32. The highest BCUT2D eigenvalue weighted by molar-refractivity contribution is 5.91. The Balaban J connectivity index is 1.49. The Morgan fingerprint density at radius 2 is 1.86 bits per heavy atom. The van der Waals surface area contributed by atoms with Crippen molar-refractivity contribution in [1.29, 1.82) is 0 Å². The molecule has 1 unspecified atom stereocenters. The first kappa shape index (κ1) is 14.5. The number of fused-ring (bicyclic) bond motifs is 1. The predicted octanol–water partition coefficient (Wildman–Crippen LogP) is 1.86. The monoisotopic (exact) mass is 291 g/mol. The molecule has 3 nitrogen and oxygen atoms in total. The van der Waals surface area contributed by atoms with Crippen molar-refractivity contribution in [3.63, 3.8) is 0 Å². The molecule has 1 heterocycles. The molecule has 1 aliphatic carbocycles. The zero-order chi connectivity index (χ0) is 14.7. The molecule has 1 saturated heterocycles. The van der Waals surface area contributed by atoms with Crippen molar-refractivity contribution >= 4 is 11.6 Å². The van der Waals surface area contributed by atoms with Crippen LogP contribution in [-0.2, 0) is 4.79 Å². The Hall–Kier alpha value is -1.42. The third-order valence-corrected chi connectivity index (χ3v) is 5.02. The zero-order valence-electron chi connectivity index (χ0n) is 12.4. The lowest BCUT2D eigenvalue weighted by atomic mass is 9.75. The number of hydrogen-bond acceptors (Lipinski definition) is 1. The first-order chi connectivity index (χ1) is 10.2. The standard InChI is InChI=1S/C17H23FN2O/c18-15-5-7-16(8-6-15)19-17(21)12-20-10-9-13-3-1-2-4-14(13)11-20/h5-8,13-14H,1-4,9-12H2,(H,19,21)/p+1/t13-,14+/m0/s1. The predicted molar refractivity (Wildman–Crippen MR) is 80.7 cm³/mol.